The van der Waals surface area contributed by atoms with Gasteiger partial charge in [-0.2, -0.15) is 0 Å². The third kappa shape index (κ3) is 1.86. The Hall–Kier alpha value is 0.01000. The van der Waals surface area contributed by atoms with E-state index in [1.807, 2.05) is 0 Å². The molecule has 0 unspecified atom stereocenters. The minimum atomic E-state index is -2.04. The summed E-state index contributed by atoms with van der Waals surface area (Å²) >= 11 is 9.94. The van der Waals surface area contributed by atoms with Crippen LogP contribution in [-0.4, -0.2) is 27.1 Å². The van der Waals surface area contributed by atoms with Gasteiger partial charge in [-0.1, -0.05) is 23.2 Å². The quantitative estimate of drug-likeness (QED) is 0.567. The summed E-state index contributed by atoms with van der Waals surface area (Å²) in [5.41, 5.74) is 0. The Kier molecular flexibility index (Phi) is 2.53. The van der Waals surface area contributed by atoms with Crippen LogP contribution in [0.2, 0.25) is 0 Å². The predicted molar refractivity (Wildman–Crippen MR) is 29.2 cm³/mol. The first kappa shape index (κ1) is 8.01. The summed E-state index contributed by atoms with van der Waals surface area (Å²) in [6.07, 6.45) is 0. The monoisotopic (exact) mass is 158 g/mol. The molecular formula is C3H4Cl2O3. The molecule has 8 heavy (non-hydrogen) atoms. The van der Waals surface area contributed by atoms with E-state index in [1.165, 1.54) is 0 Å². The van der Waals surface area contributed by atoms with Crippen molar-refractivity contribution in [1.82, 2.24) is 0 Å². The number of aliphatic hydroxyl groups excluding tert-OH is 1. The summed E-state index contributed by atoms with van der Waals surface area (Å²) in [6, 6.07) is 0. The smallest absolute Gasteiger partial charge is 0.342 e. The van der Waals surface area contributed by atoms with Crippen LogP contribution in [0.15, 0.2) is 0 Å². The predicted octanol–water partition coefficient (Wildman–Crippen LogP) is 0.237. The summed E-state index contributed by atoms with van der Waals surface area (Å²) < 4.78 is -2.04. The highest BCUT2D eigenvalue weighted by atomic mass is 35.5. The van der Waals surface area contributed by atoms with Crippen molar-refractivity contribution in [3.8, 4) is 0 Å². The van der Waals surface area contributed by atoms with E-state index in [4.69, 9.17) is 33.4 Å². The van der Waals surface area contributed by atoms with Crippen molar-refractivity contribution in [1.29, 1.82) is 0 Å². The van der Waals surface area contributed by atoms with E-state index in [9.17, 15) is 4.79 Å². The van der Waals surface area contributed by atoms with E-state index in [0.717, 1.165) is 0 Å². The molecule has 48 valence electrons. The van der Waals surface area contributed by atoms with E-state index < -0.39 is 16.9 Å². The number of aliphatic carboxylic acids is 1. The molecule has 3 nitrogen and oxygen atoms in total. The zero-order valence-electron chi connectivity index (χ0n) is 3.77. The Morgan fingerprint density at radius 2 is 2.00 bits per heavy atom. The first-order valence-corrected chi connectivity index (χ1v) is 2.48. The molecule has 5 heteroatoms. The standard InChI is InChI=1S/C3H4Cl2O3/c4-3(5,1-6)2(7)8/h6H,1H2,(H,7,8). The fourth-order valence-electron chi connectivity index (χ4n) is 0.0676. The topological polar surface area (TPSA) is 57.5 Å². The van der Waals surface area contributed by atoms with Crippen molar-refractivity contribution in [3.05, 3.63) is 0 Å². The zero-order valence-corrected chi connectivity index (χ0v) is 5.28. The fraction of sp³-hybridized carbons (Fsp3) is 0.667. The van der Waals surface area contributed by atoms with Gasteiger partial charge in [0.1, 0.15) is 0 Å². The van der Waals surface area contributed by atoms with Crippen molar-refractivity contribution in [2.24, 2.45) is 0 Å². The zero-order chi connectivity index (χ0) is 6.78. The highest BCUT2D eigenvalue weighted by Crippen LogP contribution is 2.19. The Balaban J connectivity index is 3.91. The van der Waals surface area contributed by atoms with Gasteiger partial charge in [0.15, 0.2) is 0 Å². The van der Waals surface area contributed by atoms with Gasteiger partial charge in [-0.05, 0) is 0 Å². The fourth-order valence-corrected chi connectivity index (χ4v) is 0.0676. The Bertz CT molecular complexity index is 101. The largest absolute Gasteiger partial charge is 0.479 e. The summed E-state index contributed by atoms with van der Waals surface area (Å²) in [7, 11) is 0. The molecule has 0 saturated carbocycles. The van der Waals surface area contributed by atoms with Crippen molar-refractivity contribution in [3.63, 3.8) is 0 Å². The van der Waals surface area contributed by atoms with Gasteiger partial charge in [0.2, 0.25) is 4.33 Å². The second-order valence-corrected chi connectivity index (χ2v) is 2.65. The van der Waals surface area contributed by atoms with E-state index >= 15 is 0 Å². The molecule has 0 aromatic carbocycles. The van der Waals surface area contributed by atoms with E-state index in [-0.39, 0.29) is 0 Å². The second kappa shape index (κ2) is 2.53. The number of carboxylic acid groups (broad SMARTS) is 1. The molecule has 0 bridgehead atoms. The first-order valence-electron chi connectivity index (χ1n) is 1.73. The number of carboxylic acids is 1. The second-order valence-electron chi connectivity index (χ2n) is 1.17. The number of hydrogen-bond donors (Lipinski definition) is 2. The molecule has 0 aliphatic rings. The average molecular weight is 159 g/mol. The van der Waals surface area contributed by atoms with Crippen LogP contribution in [0.25, 0.3) is 0 Å². The SMILES string of the molecule is O=C(O)C(Cl)(Cl)CO. The molecule has 0 heterocycles. The third-order valence-electron chi connectivity index (χ3n) is 0.511. The van der Waals surface area contributed by atoms with Gasteiger partial charge >= 0.3 is 5.97 Å². The summed E-state index contributed by atoms with van der Waals surface area (Å²) in [6.45, 7) is -0.786. The number of hydrogen-bond acceptors (Lipinski definition) is 2. The third-order valence-corrected chi connectivity index (χ3v) is 1.07. The van der Waals surface area contributed by atoms with Crippen molar-refractivity contribution in [2.45, 2.75) is 4.33 Å². The molecular weight excluding hydrogens is 155 g/mol. The molecule has 0 radical (unpaired) electrons. The van der Waals surface area contributed by atoms with Crippen LogP contribution in [0, 0.1) is 0 Å². The van der Waals surface area contributed by atoms with Crippen LogP contribution >= 0.6 is 23.2 Å². The molecule has 0 aliphatic heterocycles. The van der Waals surface area contributed by atoms with Gasteiger partial charge in [0.25, 0.3) is 0 Å². The number of rotatable bonds is 2. The maximum absolute atomic E-state index is 9.83. The van der Waals surface area contributed by atoms with Gasteiger partial charge in [0, 0.05) is 0 Å². The molecule has 0 aromatic rings. The Labute approximate surface area is 55.8 Å². The van der Waals surface area contributed by atoms with Crippen LogP contribution in [0.3, 0.4) is 0 Å². The first-order chi connectivity index (χ1) is 3.50. The molecule has 0 rings (SSSR count). The summed E-state index contributed by atoms with van der Waals surface area (Å²) in [5, 5.41) is 16.1. The van der Waals surface area contributed by atoms with Gasteiger partial charge in [0.05, 0.1) is 6.61 Å². The molecule has 2 N–H and O–H groups in total. The number of carbonyl (C=O) groups is 1. The molecule has 0 spiro atoms. The van der Waals surface area contributed by atoms with Crippen LogP contribution in [0.4, 0.5) is 0 Å². The Morgan fingerprint density at radius 1 is 1.62 bits per heavy atom. The van der Waals surface area contributed by atoms with Crippen LogP contribution < -0.4 is 0 Å². The van der Waals surface area contributed by atoms with Crippen LogP contribution in [-0.2, 0) is 4.79 Å². The van der Waals surface area contributed by atoms with E-state index in [2.05, 4.69) is 0 Å². The van der Waals surface area contributed by atoms with Gasteiger partial charge in [-0.15, -0.1) is 0 Å². The number of aliphatic hydroxyl groups is 1. The molecule has 0 aliphatic carbocycles. The average Bonchev–Trinajstić information content (AvgIpc) is 1.67. The van der Waals surface area contributed by atoms with Crippen molar-refractivity contribution >= 4 is 29.2 Å². The van der Waals surface area contributed by atoms with E-state index in [1.54, 1.807) is 0 Å². The lowest BCUT2D eigenvalue weighted by Gasteiger charge is -2.07. The maximum Gasteiger partial charge on any atom is 0.342 e. The number of halogens is 2. The lowest BCUT2D eigenvalue weighted by Crippen LogP contribution is -2.29. The van der Waals surface area contributed by atoms with Crippen molar-refractivity contribution in [2.75, 3.05) is 6.61 Å². The summed E-state index contributed by atoms with van der Waals surface area (Å²) in [4.78, 5) is 9.83. The van der Waals surface area contributed by atoms with Crippen molar-refractivity contribution < 1.29 is 15.0 Å². The van der Waals surface area contributed by atoms with Crippen LogP contribution in [0.5, 0.6) is 0 Å². The Morgan fingerprint density at radius 3 is 2.00 bits per heavy atom. The maximum atomic E-state index is 9.83. The molecule has 0 fully saturated rings. The highest BCUT2D eigenvalue weighted by Gasteiger charge is 2.32. The minimum absolute atomic E-state index is 0.786. The summed E-state index contributed by atoms with van der Waals surface area (Å²) in [5.74, 6) is -1.44. The molecule has 0 amide bonds. The minimum Gasteiger partial charge on any atom is -0.479 e. The molecule has 0 aromatic heterocycles. The normalized spacial score (nSPS) is 11.4. The van der Waals surface area contributed by atoms with Gasteiger partial charge in [-0.25, -0.2) is 4.79 Å². The van der Waals surface area contributed by atoms with Gasteiger partial charge in [-0.3, -0.25) is 0 Å². The lowest BCUT2D eigenvalue weighted by molar-refractivity contribution is -0.138. The lowest BCUT2D eigenvalue weighted by atomic mass is 10.4. The molecule has 0 saturated heterocycles. The molecule has 0 atom stereocenters. The van der Waals surface area contributed by atoms with Gasteiger partial charge < -0.3 is 10.2 Å². The number of alkyl halides is 2. The van der Waals surface area contributed by atoms with Crippen LogP contribution in [0.1, 0.15) is 0 Å². The highest BCUT2D eigenvalue weighted by molar-refractivity contribution is 6.57. The van der Waals surface area contributed by atoms with E-state index in [0.29, 0.717) is 0 Å².